The van der Waals surface area contributed by atoms with E-state index in [1.165, 1.54) is 28.2 Å². The van der Waals surface area contributed by atoms with Gasteiger partial charge in [0.15, 0.2) is 0 Å². The fourth-order valence-electron chi connectivity index (χ4n) is 2.18. The van der Waals surface area contributed by atoms with Crippen molar-refractivity contribution >= 4 is 17.3 Å². The average molecular weight is 239 g/mol. The standard InChI is InChI=1S/C12H17NO2S/c1-2-5-13-6-3-9-8-11(12(14)15)16-10(9)4-7-13/h8H,2-7H2,1H3,(H,14,15). The number of hydrogen-bond donors (Lipinski definition) is 1. The fraction of sp³-hybridized carbons (Fsp3) is 0.583. The SMILES string of the molecule is CCCN1CCc2cc(C(=O)O)sc2CC1. The van der Waals surface area contributed by atoms with Crippen molar-refractivity contribution in [2.75, 3.05) is 19.6 Å². The summed E-state index contributed by atoms with van der Waals surface area (Å²) < 4.78 is 0. The zero-order chi connectivity index (χ0) is 11.5. The Morgan fingerprint density at radius 1 is 1.50 bits per heavy atom. The lowest BCUT2D eigenvalue weighted by Gasteiger charge is -2.18. The minimum absolute atomic E-state index is 0.494. The van der Waals surface area contributed by atoms with Gasteiger partial charge < -0.3 is 10.0 Å². The maximum atomic E-state index is 10.9. The number of rotatable bonds is 3. The van der Waals surface area contributed by atoms with E-state index in [2.05, 4.69) is 11.8 Å². The Morgan fingerprint density at radius 3 is 2.94 bits per heavy atom. The topological polar surface area (TPSA) is 40.5 Å². The van der Waals surface area contributed by atoms with Crippen LogP contribution in [0.3, 0.4) is 0 Å². The highest BCUT2D eigenvalue weighted by molar-refractivity contribution is 7.14. The van der Waals surface area contributed by atoms with Crippen LogP contribution in [0.4, 0.5) is 0 Å². The molecule has 1 aromatic rings. The molecule has 1 aliphatic heterocycles. The number of fused-ring (bicyclic) bond motifs is 1. The molecule has 0 unspecified atom stereocenters. The maximum Gasteiger partial charge on any atom is 0.345 e. The van der Waals surface area contributed by atoms with Crippen molar-refractivity contribution in [3.8, 4) is 0 Å². The number of carbonyl (C=O) groups is 1. The molecule has 1 aromatic heterocycles. The Labute approximate surface area is 99.7 Å². The van der Waals surface area contributed by atoms with Crippen LogP contribution in [-0.2, 0) is 12.8 Å². The summed E-state index contributed by atoms with van der Waals surface area (Å²) >= 11 is 1.45. The smallest absolute Gasteiger partial charge is 0.345 e. The minimum atomic E-state index is -0.788. The monoisotopic (exact) mass is 239 g/mol. The summed E-state index contributed by atoms with van der Waals surface area (Å²) in [6, 6.07) is 1.86. The van der Waals surface area contributed by atoms with Crippen molar-refractivity contribution in [3.05, 3.63) is 21.4 Å². The van der Waals surface area contributed by atoms with Crippen molar-refractivity contribution in [3.63, 3.8) is 0 Å². The highest BCUT2D eigenvalue weighted by atomic mass is 32.1. The molecule has 0 saturated carbocycles. The number of thiophene rings is 1. The van der Waals surface area contributed by atoms with E-state index in [0.29, 0.717) is 4.88 Å². The number of aromatic carboxylic acids is 1. The number of carboxylic acids is 1. The van der Waals surface area contributed by atoms with Gasteiger partial charge in [0.1, 0.15) is 4.88 Å². The molecule has 2 heterocycles. The molecule has 1 aliphatic rings. The van der Waals surface area contributed by atoms with E-state index in [9.17, 15) is 4.79 Å². The Bertz CT molecular complexity index is 361. The predicted octanol–water partition coefficient (Wildman–Crippen LogP) is 2.26. The average Bonchev–Trinajstić information content (AvgIpc) is 2.58. The first-order valence-corrected chi connectivity index (χ1v) is 6.59. The van der Waals surface area contributed by atoms with Gasteiger partial charge in [-0.05, 0) is 37.4 Å². The van der Waals surface area contributed by atoms with E-state index in [-0.39, 0.29) is 0 Å². The molecule has 0 aliphatic carbocycles. The third kappa shape index (κ3) is 2.44. The van der Waals surface area contributed by atoms with Crippen molar-refractivity contribution in [1.82, 2.24) is 4.90 Å². The summed E-state index contributed by atoms with van der Waals surface area (Å²) in [4.78, 5) is 15.1. The molecule has 0 saturated heterocycles. The summed E-state index contributed by atoms with van der Waals surface area (Å²) in [6.45, 7) is 5.49. The second kappa shape index (κ2) is 4.97. The number of nitrogens with zero attached hydrogens (tertiary/aromatic N) is 1. The Balaban J connectivity index is 2.09. The van der Waals surface area contributed by atoms with Crippen molar-refractivity contribution in [1.29, 1.82) is 0 Å². The molecule has 0 atom stereocenters. The van der Waals surface area contributed by atoms with Crippen LogP contribution >= 0.6 is 11.3 Å². The zero-order valence-electron chi connectivity index (χ0n) is 9.53. The summed E-state index contributed by atoms with van der Waals surface area (Å²) in [5.41, 5.74) is 1.25. The van der Waals surface area contributed by atoms with Crippen LogP contribution < -0.4 is 0 Å². The lowest BCUT2D eigenvalue weighted by Crippen LogP contribution is -2.27. The van der Waals surface area contributed by atoms with Crippen LogP contribution in [-0.4, -0.2) is 35.6 Å². The molecule has 4 heteroatoms. The normalized spacial score (nSPS) is 16.8. The van der Waals surface area contributed by atoms with Gasteiger partial charge in [-0.25, -0.2) is 4.79 Å². The zero-order valence-corrected chi connectivity index (χ0v) is 10.3. The van der Waals surface area contributed by atoms with Gasteiger partial charge >= 0.3 is 5.97 Å². The second-order valence-corrected chi connectivity index (χ2v) is 5.34. The van der Waals surface area contributed by atoms with Gasteiger partial charge in [0.2, 0.25) is 0 Å². The molecule has 0 bridgehead atoms. The van der Waals surface area contributed by atoms with Gasteiger partial charge in [-0.2, -0.15) is 0 Å². The summed E-state index contributed by atoms with van der Waals surface area (Å²) in [7, 11) is 0. The minimum Gasteiger partial charge on any atom is -0.477 e. The van der Waals surface area contributed by atoms with Crippen molar-refractivity contribution in [2.24, 2.45) is 0 Å². The van der Waals surface area contributed by atoms with E-state index < -0.39 is 5.97 Å². The third-order valence-electron chi connectivity index (χ3n) is 3.00. The van der Waals surface area contributed by atoms with Crippen LogP contribution in [0.5, 0.6) is 0 Å². The van der Waals surface area contributed by atoms with Gasteiger partial charge in [-0.1, -0.05) is 6.92 Å². The third-order valence-corrected chi connectivity index (χ3v) is 4.22. The van der Waals surface area contributed by atoms with Crippen molar-refractivity contribution in [2.45, 2.75) is 26.2 Å². The molecule has 0 radical (unpaired) electrons. The van der Waals surface area contributed by atoms with Crippen molar-refractivity contribution < 1.29 is 9.90 Å². The van der Waals surface area contributed by atoms with Crippen LogP contribution in [0.1, 0.15) is 33.5 Å². The Hall–Kier alpha value is -0.870. The molecular weight excluding hydrogens is 222 g/mol. The van der Waals surface area contributed by atoms with E-state index in [1.54, 1.807) is 0 Å². The molecule has 16 heavy (non-hydrogen) atoms. The second-order valence-electron chi connectivity index (χ2n) is 4.21. The van der Waals surface area contributed by atoms with Gasteiger partial charge in [0, 0.05) is 18.0 Å². The van der Waals surface area contributed by atoms with E-state index in [4.69, 9.17) is 5.11 Å². The fourth-order valence-corrected chi connectivity index (χ4v) is 3.22. The molecule has 2 rings (SSSR count). The molecule has 1 N–H and O–H groups in total. The van der Waals surface area contributed by atoms with E-state index >= 15 is 0 Å². The van der Waals surface area contributed by atoms with Crippen LogP contribution in [0, 0.1) is 0 Å². The maximum absolute atomic E-state index is 10.9. The molecule has 0 spiro atoms. The first-order chi connectivity index (χ1) is 7.70. The molecule has 0 amide bonds. The first kappa shape index (κ1) is 11.6. The molecule has 88 valence electrons. The molecule has 3 nitrogen and oxygen atoms in total. The predicted molar refractivity (Wildman–Crippen MR) is 65.4 cm³/mol. The Morgan fingerprint density at radius 2 is 2.25 bits per heavy atom. The molecule has 0 fully saturated rings. The largest absolute Gasteiger partial charge is 0.477 e. The first-order valence-electron chi connectivity index (χ1n) is 5.78. The summed E-state index contributed by atoms with van der Waals surface area (Å²) in [6.07, 6.45) is 3.19. The summed E-state index contributed by atoms with van der Waals surface area (Å²) in [5, 5.41) is 8.94. The molecule has 0 aromatic carbocycles. The van der Waals surface area contributed by atoms with Gasteiger partial charge in [0.25, 0.3) is 0 Å². The van der Waals surface area contributed by atoms with Gasteiger partial charge in [-0.3, -0.25) is 0 Å². The van der Waals surface area contributed by atoms with E-state index in [0.717, 1.165) is 32.5 Å². The van der Waals surface area contributed by atoms with E-state index in [1.807, 2.05) is 6.07 Å². The van der Waals surface area contributed by atoms with Crippen LogP contribution in [0.25, 0.3) is 0 Å². The number of carboxylic acid groups (broad SMARTS) is 1. The summed E-state index contributed by atoms with van der Waals surface area (Å²) in [5.74, 6) is -0.788. The molecular formula is C12H17NO2S. The number of hydrogen-bond acceptors (Lipinski definition) is 3. The lowest BCUT2D eigenvalue weighted by molar-refractivity contribution is 0.0702. The quantitative estimate of drug-likeness (QED) is 0.879. The lowest BCUT2D eigenvalue weighted by atomic mass is 10.1. The van der Waals surface area contributed by atoms with Gasteiger partial charge in [0.05, 0.1) is 0 Å². The van der Waals surface area contributed by atoms with Crippen LogP contribution in [0.15, 0.2) is 6.07 Å². The van der Waals surface area contributed by atoms with Crippen LogP contribution in [0.2, 0.25) is 0 Å². The highest BCUT2D eigenvalue weighted by Gasteiger charge is 2.18. The highest BCUT2D eigenvalue weighted by Crippen LogP contribution is 2.26. The Kier molecular flexibility index (Phi) is 3.61. The van der Waals surface area contributed by atoms with Gasteiger partial charge in [-0.15, -0.1) is 11.3 Å².